The summed E-state index contributed by atoms with van der Waals surface area (Å²) in [5.74, 6) is 1.29. The minimum Gasteiger partial charge on any atom is -0.348 e. The van der Waals surface area contributed by atoms with E-state index in [1.807, 2.05) is 56.8 Å². The van der Waals surface area contributed by atoms with E-state index in [2.05, 4.69) is 41.3 Å². The third-order valence-corrected chi connectivity index (χ3v) is 5.96. The van der Waals surface area contributed by atoms with Crippen LogP contribution in [0.25, 0.3) is 16.9 Å². The number of fused-ring (bicyclic) bond motifs is 1. The third-order valence-electron chi connectivity index (χ3n) is 5.96. The van der Waals surface area contributed by atoms with Gasteiger partial charge in [-0.2, -0.15) is 4.98 Å². The largest absolute Gasteiger partial charge is 0.348 e. The van der Waals surface area contributed by atoms with Crippen molar-refractivity contribution in [2.75, 3.05) is 29.9 Å². The van der Waals surface area contributed by atoms with Crippen LogP contribution in [0.15, 0.2) is 67.1 Å². The van der Waals surface area contributed by atoms with Crippen LogP contribution in [0.1, 0.15) is 33.3 Å². The summed E-state index contributed by atoms with van der Waals surface area (Å²) >= 11 is 0. The number of carbonyl (C=O) groups is 1. The molecule has 4 aromatic rings. The molecule has 0 aliphatic carbocycles. The number of carbonyl (C=O) groups excluding carboxylic acids is 1. The molecule has 1 fully saturated rings. The van der Waals surface area contributed by atoms with E-state index in [0.29, 0.717) is 12.5 Å². The van der Waals surface area contributed by atoms with Crippen LogP contribution >= 0.6 is 0 Å². The molecule has 1 saturated heterocycles. The molecular formula is C25H29N7O. The summed E-state index contributed by atoms with van der Waals surface area (Å²) in [5.41, 5.74) is 3.79. The highest BCUT2D eigenvalue weighted by atomic mass is 16.2. The quantitative estimate of drug-likeness (QED) is 0.440. The SMILES string of the molecule is CCCN1CCN(c2ccc3c(c2)ncn3-c2ccnc(N[C@@H](C)c3ccccc3)n2)C1=O.[HH]. The van der Waals surface area contributed by atoms with Crippen LogP contribution in [0.5, 0.6) is 0 Å². The monoisotopic (exact) mass is 443 g/mol. The van der Waals surface area contributed by atoms with Crippen molar-refractivity contribution in [1.82, 2.24) is 24.4 Å². The van der Waals surface area contributed by atoms with Crippen molar-refractivity contribution < 1.29 is 6.22 Å². The number of nitrogens with zero attached hydrogens (tertiary/aromatic N) is 6. The number of nitrogens with one attached hydrogen (secondary N) is 1. The number of urea groups is 1. The lowest BCUT2D eigenvalue weighted by molar-refractivity contribution is 0.220. The second-order valence-corrected chi connectivity index (χ2v) is 8.22. The molecule has 2 aromatic heterocycles. The summed E-state index contributed by atoms with van der Waals surface area (Å²) in [5, 5.41) is 3.37. The lowest BCUT2D eigenvalue weighted by Gasteiger charge is -2.18. The minimum absolute atomic E-state index is 0. The van der Waals surface area contributed by atoms with Gasteiger partial charge in [-0.05, 0) is 43.2 Å². The zero-order valence-corrected chi connectivity index (χ0v) is 18.8. The van der Waals surface area contributed by atoms with Gasteiger partial charge < -0.3 is 10.2 Å². The normalized spacial score (nSPS) is 14.8. The zero-order chi connectivity index (χ0) is 22.8. The first-order valence-electron chi connectivity index (χ1n) is 11.3. The molecule has 33 heavy (non-hydrogen) atoms. The maximum Gasteiger partial charge on any atom is 0.324 e. The number of hydrogen-bond acceptors (Lipinski definition) is 5. The van der Waals surface area contributed by atoms with Crippen LogP contribution < -0.4 is 10.2 Å². The van der Waals surface area contributed by atoms with Gasteiger partial charge in [0.15, 0.2) is 0 Å². The Morgan fingerprint density at radius 2 is 1.94 bits per heavy atom. The first-order valence-corrected chi connectivity index (χ1v) is 11.3. The fourth-order valence-corrected chi connectivity index (χ4v) is 4.22. The second-order valence-electron chi connectivity index (χ2n) is 8.22. The summed E-state index contributed by atoms with van der Waals surface area (Å²) in [4.78, 5) is 30.1. The summed E-state index contributed by atoms with van der Waals surface area (Å²) in [7, 11) is 0. The van der Waals surface area contributed by atoms with Crippen LogP contribution in [0.3, 0.4) is 0 Å². The van der Waals surface area contributed by atoms with Gasteiger partial charge in [-0.15, -0.1) is 0 Å². The molecule has 2 amide bonds. The van der Waals surface area contributed by atoms with Gasteiger partial charge in [0.25, 0.3) is 0 Å². The van der Waals surface area contributed by atoms with Gasteiger partial charge >= 0.3 is 6.03 Å². The number of hydrogen-bond donors (Lipinski definition) is 1. The molecule has 0 bridgehead atoms. The molecule has 8 nitrogen and oxygen atoms in total. The van der Waals surface area contributed by atoms with Crippen LogP contribution in [0, 0.1) is 0 Å². The minimum atomic E-state index is 0. The first kappa shape index (κ1) is 20.9. The number of imidazole rings is 1. The van der Waals surface area contributed by atoms with E-state index in [1.165, 1.54) is 5.56 Å². The van der Waals surface area contributed by atoms with Crippen molar-refractivity contribution in [2.45, 2.75) is 26.3 Å². The van der Waals surface area contributed by atoms with Crippen LogP contribution in [-0.4, -0.2) is 50.1 Å². The summed E-state index contributed by atoms with van der Waals surface area (Å²) in [6.07, 6.45) is 4.47. The van der Waals surface area contributed by atoms with Gasteiger partial charge in [0.1, 0.15) is 12.1 Å². The lowest BCUT2D eigenvalue weighted by Crippen LogP contribution is -2.32. The Kier molecular flexibility index (Phi) is 5.64. The Bertz CT molecular complexity index is 1280. The number of amides is 2. The Hall–Kier alpha value is -3.94. The zero-order valence-electron chi connectivity index (χ0n) is 18.8. The maximum atomic E-state index is 12.7. The molecule has 1 aliphatic rings. The molecule has 5 rings (SSSR count). The number of anilines is 2. The van der Waals surface area contributed by atoms with Gasteiger partial charge in [-0.1, -0.05) is 37.3 Å². The maximum absolute atomic E-state index is 12.7. The van der Waals surface area contributed by atoms with Gasteiger partial charge in [0.2, 0.25) is 5.95 Å². The molecule has 1 N–H and O–H groups in total. The highest BCUT2D eigenvalue weighted by molar-refractivity contribution is 5.96. The van der Waals surface area contributed by atoms with Gasteiger partial charge in [-0.3, -0.25) is 9.47 Å². The topological polar surface area (TPSA) is 79.2 Å². The van der Waals surface area contributed by atoms with Gasteiger partial charge in [0, 0.05) is 32.9 Å². The fourth-order valence-electron chi connectivity index (χ4n) is 4.22. The standard InChI is InChI=1S/C25H27N7O.H2/c1-3-13-30-14-15-31(25(30)33)20-9-10-22-21(16-20)27-17-32(22)23-11-12-26-24(29-23)28-18(2)19-7-5-4-6-8-19;/h4-12,16-18H,3,13-15H2,1-2H3,(H,26,28,29);1H/t18-;/m0./s1. The predicted molar refractivity (Wildman–Crippen MR) is 132 cm³/mol. The van der Waals surface area contributed by atoms with E-state index in [9.17, 15) is 4.79 Å². The Labute approximate surface area is 194 Å². The molecule has 0 saturated carbocycles. The average Bonchev–Trinajstić information content (AvgIpc) is 3.43. The number of rotatable bonds is 7. The summed E-state index contributed by atoms with van der Waals surface area (Å²) in [6, 6.07) is 18.1. The van der Waals surface area contributed by atoms with E-state index in [4.69, 9.17) is 4.98 Å². The van der Waals surface area contributed by atoms with Crippen molar-refractivity contribution in [3.63, 3.8) is 0 Å². The fraction of sp³-hybridized carbons (Fsp3) is 0.280. The highest BCUT2D eigenvalue weighted by Crippen LogP contribution is 2.26. The molecule has 1 aliphatic heterocycles. The first-order chi connectivity index (χ1) is 16.1. The number of benzene rings is 2. The molecule has 0 spiro atoms. The molecule has 170 valence electrons. The second kappa shape index (κ2) is 8.90. The predicted octanol–water partition coefficient (Wildman–Crippen LogP) is 4.89. The van der Waals surface area contributed by atoms with Crippen LogP contribution in [0.4, 0.5) is 16.4 Å². The van der Waals surface area contributed by atoms with Crippen molar-refractivity contribution in [3.8, 4) is 5.82 Å². The van der Waals surface area contributed by atoms with E-state index >= 15 is 0 Å². The van der Waals surface area contributed by atoms with E-state index in [1.54, 1.807) is 12.5 Å². The van der Waals surface area contributed by atoms with Crippen molar-refractivity contribution in [3.05, 3.63) is 72.7 Å². The van der Waals surface area contributed by atoms with E-state index in [-0.39, 0.29) is 13.5 Å². The van der Waals surface area contributed by atoms with Crippen LogP contribution in [0.2, 0.25) is 0 Å². The molecule has 0 radical (unpaired) electrons. The molecule has 8 heteroatoms. The number of aromatic nitrogens is 4. The van der Waals surface area contributed by atoms with Crippen molar-refractivity contribution in [1.29, 1.82) is 0 Å². The Balaban J connectivity index is 0.00000274. The van der Waals surface area contributed by atoms with Crippen molar-refractivity contribution in [2.24, 2.45) is 0 Å². The van der Waals surface area contributed by atoms with Crippen LogP contribution in [-0.2, 0) is 0 Å². The van der Waals surface area contributed by atoms with Gasteiger partial charge in [-0.25, -0.2) is 14.8 Å². The smallest absolute Gasteiger partial charge is 0.324 e. The summed E-state index contributed by atoms with van der Waals surface area (Å²) in [6.45, 7) is 6.42. The summed E-state index contributed by atoms with van der Waals surface area (Å²) < 4.78 is 1.94. The highest BCUT2D eigenvalue weighted by Gasteiger charge is 2.29. The molecule has 2 aromatic carbocycles. The molecule has 1 atom stereocenters. The van der Waals surface area contributed by atoms with E-state index in [0.717, 1.165) is 42.0 Å². The Morgan fingerprint density at radius 1 is 1.09 bits per heavy atom. The molecular weight excluding hydrogens is 414 g/mol. The lowest BCUT2D eigenvalue weighted by atomic mass is 10.1. The van der Waals surface area contributed by atoms with E-state index < -0.39 is 0 Å². The Morgan fingerprint density at radius 3 is 2.76 bits per heavy atom. The molecule has 3 heterocycles. The third kappa shape index (κ3) is 4.11. The van der Waals surface area contributed by atoms with Crippen molar-refractivity contribution >= 4 is 28.7 Å². The molecule has 0 unspecified atom stereocenters. The van der Waals surface area contributed by atoms with Gasteiger partial charge in [0.05, 0.1) is 17.1 Å². The average molecular weight is 444 g/mol.